The Labute approximate surface area is 155 Å². The molecule has 1 saturated carbocycles. The monoisotopic (exact) mass is 384 g/mol. The molecule has 2 aliphatic rings. The summed E-state index contributed by atoms with van der Waals surface area (Å²) in [6.07, 6.45) is -2.06. The van der Waals surface area contributed by atoms with E-state index in [1.54, 1.807) is 25.7 Å². The van der Waals surface area contributed by atoms with Gasteiger partial charge in [0.2, 0.25) is 0 Å². The zero-order valence-corrected chi connectivity index (χ0v) is 15.4. The highest BCUT2D eigenvalue weighted by atomic mass is 19.3. The highest BCUT2D eigenvalue weighted by molar-refractivity contribution is 5.69. The van der Waals surface area contributed by atoms with E-state index in [0.717, 1.165) is 12.1 Å². The molecule has 0 bridgehead atoms. The molecule has 9 heteroatoms. The number of benzene rings is 1. The van der Waals surface area contributed by atoms with E-state index >= 15 is 0 Å². The SMILES string of the molecule is CC(C)(C)OC(=O)N1CC2(CC(Oc3ccc(C(F)F)cc3[N+](=O)[O-])C2)C1. The molecule has 1 heterocycles. The van der Waals surface area contributed by atoms with Crippen molar-refractivity contribution in [2.75, 3.05) is 13.1 Å². The number of rotatable bonds is 4. The van der Waals surface area contributed by atoms with Crippen molar-refractivity contribution in [2.45, 2.75) is 51.7 Å². The lowest BCUT2D eigenvalue weighted by Gasteiger charge is -2.58. The molecule has 1 aromatic carbocycles. The molecule has 0 radical (unpaired) electrons. The minimum Gasteiger partial charge on any atom is -0.483 e. The van der Waals surface area contributed by atoms with Gasteiger partial charge in [-0.15, -0.1) is 0 Å². The van der Waals surface area contributed by atoms with Gasteiger partial charge in [0.1, 0.15) is 11.7 Å². The molecule has 2 fully saturated rings. The number of nitro groups is 1. The average Bonchev–Trinajstić information content (AvgIpc) is 2.45. The van der Waals surface area contributed by atoms with Gasteiger partial charge in [0.05, 0.1) is 4.92 Å². The minimum atomic E-state index is -2.78. The molecule has 148 valence electrons. The lowest BCUT2D eigenvalue weighted by molar-refractivity contribution is -0.386. The molecule has 1 aromatic rings. The maximum absolute atomic E-state index is 12.7. The number of halogens is 2. The third kappa shape index (κ3) is 4.12. The largest absolute Gasteiger partial charge is 0.483 e. The van der Waals surface area contributed by atoms with Gasteiger partial charge in [-0.3, -0.25) is 10.1 Å². The van der Waals surface area contributed by atoms with Crippen LogP contribution in [-0.2, 0) is 4.74 Å². The molecule has 1 aliphatic heterocycles. The molecule has 1 aliphatic carbocycles. The number of likely N-dealkylation sites (tertiary alicyclic amines) is 1. The quantitative estimate of drug-likeness (QED) is 0.571. The fraction of sp³-hybridized carbons (Fsp3) is 0.611. The van der Waals surface area contributed by atoms with Crippen LogP contribution in [0.2, 0.25) is 0 Å². The van der Waals surface area contributed by atoms with E-state index < -0.39 is 28.2 Å². The van der Waals surface area contributed by atoms with Gasteiger partial charge in [-0.1, -0.05) is 0 Å². The van der Waals surface area contributed by atoms with Crippen LogP contribution in [0.1, 0.15) is 45.6 Å². The zero-order valence-electron chi connectivity index (χ0n) is 15.4. The van der Waals surface area contributed by atoms with Gasteiger partial charge in [-0.25, -0.2) is 13.6 Å². The van der Waals surface area contributed by atoms with E-state index in [0.29, 0.717) is 25.9 Å². The predicted molar refractivity (Wildman–Crippen MR) is 91.9 cm³/mol. The highest BCUT2D eigenvalue weighted by Gasteiger charge is 2.55. The molecule has 7 nitrogen and oxygen atoms in total. The summed E-state index contributed by atoms with van der Waals surface area (Å²) in [5, 5.41) is 11.1. The molecule has 0 unspecified atom stereocenters. The number of nitrogens with zero attached hydrogens (tertiary/aromatic N) is 2. The summed E-state index contributed by atoms with van der Waals surface area (Å²) in [6, 6.07) is 3.20. The number of carbonyl (C=O) groups excluding carboxylic acids is 1. The summed E-state index contributed by atoms with van der Waals surface area (Å²) in [5.41, 5.74) is -1.46. The number of amides is 1. The Morgan fingerprint density at radius 1 is 1.33 bits per heavy atom. The first-order valence-corrected chi connectivity index (χ1v) is 8.69. The van der Waals surface area contributed by atoms with Crippen molar-refractivity contribution in [1.29, 1.82) is 0 Å². The second-order valence-corrected chi connectivity index (χ2v) is 8.27. The van der Waals surface area contributed by atoms with Crippen LogP contribution in [0.3, 0.4) is 0 Å². The summed E-state index contributed by atoms with van der Waals surface area (Å²) in [5.74, 6) is -0.00688. The Balaban J connectivity index is 1.55. The van der Waals surface area contributed by atoms with Crippen molar-refractivity contribution in [3.8, 4) is 5.75 Å². The van der Waals surface area contributed by atoms with Gasteiger partial charge < -0.3 is 14.4 Å². The van der Waals surface area contributed by atoms with E-state index in [1.807, 2.05) is 0 Å². The van der Waals surface area contributed by atoms with E-state index in [1.165, 1.54) is 6.07 Å². The number of hydrogen-bond donors (Lipinski definition) is 0. The molecule has 3 rings (SSSR count). The van der Waals surface area contributed by atoms with Crippen LogP contribution < -0.4 is 4.74 Å². The number of nitro benzene ring substituents is 1. The maximum atomic E-state index is 12.7. The molecule has 0 N–H and O–H groups in total. The fourth-order valence-electron chi connectivity index (χ4n) is 3.56. The third-order valence-electron chi connectivity index (χ3n) is 4.75. The van der Waals surface area contributed by atoms with Gasteiger partial charge in [-0.05, 0) is 45.7 Å². The number of carbonyl (C=O) groups is 1. The van der Waals surface area contributed by atoms with Crippen LogP contribution in [0.4, 0.5) is 19.3 Å². The Hall–Kier alpha value is -2.45. The second kappa shape index (κ2) is 6.61. The van der Waals surface area contributed by atoms with Gasteiger partial charge in [-0.2, -0.15) is 0 Å². The van der Waals surface area contributed by atoms with Crippen LogP contribution in [0.15, 0.2) is 18.2 Å². The summed E-state index contributed by atoms with van der Waals surface area (Å²) in [4.78, 5) is 24.0. The molecule has 1 saturated heterocycles. The Bertz CT molecular complexity index is 749. The normalized spacial score (nSPS) is 18.8. The number of ether oxygens (including phenoxy) is 2. The Morgan fingerprint density at radius 2 is 1.96 bits per heavy atom. The van der Waals surface area contributed by atoms with Crippen LogP contribution in [0.25, 0.3) is 0 Å². The van der Waals surface area contributed by atoms with Crippen LogP contribution in [0, 0.1) is 15.5 Å². The zero-order chi connectivity index (χ0) is 20.0. The van der Waals surface area contributed by atoms with Crippen molar-refractivity contribution in [2.24, 2.45) is 5.41 Å². The summed E-state index contributed by atoms with van der Waals surface area (Å²) >= 11 is 0. The Kier molecular flexibility index (Phi) is 4.73. The van der Waals surface area contributed by atoms with Crippen molar-refractivity contribution in [1.82, 2.24) is 4.90 Å². The molecule has 27 heavy (non-hydrogen) atoms. The standard InChI is InChI=1S/C18H22F2N2O5/c1-17(2,3)27-16(23)21-9-18(10-21)7-12(8-18)26-14-5-4-11(15(19)20)6-13(14)22(24)25/h4-6,12,15H,7-10H2,1-3H3. The topological polar surface area (TPSA) is 81.9 Å². The van der Waals surface area contributed by atoms with Gasteiger partial charge >= 0.3 is 11.8 Å². The van der Waals surface area contributed by atoms with E-state index in [2.05, 4.69) is 0 Å². The lowest BCUT2D eigenvalue weighted by atomic mass is 9.62. The highest BCUT2D eigenvalue weighted by Crippen LogP contribution is 2.50. The van der Waals surface area contributed by atoms with Crippen molar-refractivity contribution < 1.29 is 28.0 Å². The average molecular weight is 384 g/mol. The van der Waals surface area contributed by atoms with Crippen LogP contribution >= 0.6 is 0 Å². The van der Waals surface area contributed by atoms with E-state index in [-0.39, 0.29) is 23.4 Å². The minimum absolute atomic E-state index is 0.00688. The predicted octanol–water partition coefficient (Wildman–Crippen LogP) is 4.31. The van der Waals surface area contributed by atoms with Gasteiger partial charge in [0, 0.05) is 30.1 Å². The molecule has 0 aromatic heterocycles. The second-order valence-electron chi connectivity index (χ2n) is 8.27. The van der Waals surface area contributed by atoms with Crippen molar-refractivity contribution in [3.05, 3.63) is 33.9 Å². The Morgan fingerprint density at radius 3 is 2.48 bits per heavy atom. The van der Waals surface area contributed by atoms with E-state index in [4.69, 9.17) is 9.47 Å². The third-order valence-corrected chi connectivity index (χ3v) is 4.75. The summed E-state index contributed by atoms with van der Waals surface area (Å²) in [7, 11) is 0. The number of alkyl halides is 2. The summed E-state index contributed by atoms with van der Waals surface area (Å²) < 4.78 is 36.5. The lowest BCUT2D eigenvalue weighted by Crippen LogP contribution is -2.66. The van der Waals surface area contributed by atoms with Crippen molar-refractivity contribution >= 4 is 11.8 Å². The molecule has 1 spiro atoms. The van der Waals surface area contributed by atoms with Gasteiger partial charge in [0.15, 0.2) is 5.75 Å². The fourth-order valence-corrected chi connectivity index (χ4v) is 3.56. The first kappa shape index (κ1) is 19.3. The smallest absolute Gasteiger partial charge is 0.410 e. The molecule has 1 amide bonds. The maximum Gasteiger partial charge on any atom is 0.410 e. The van der Waals surface area contributed by atoms with Crippen LogP contribution in [0.5, 0.6) is 5.75 Å². The van der Waals surface area contributed by atoms with Gasteiger partial charge in [0.25, 0.3) is 6.43 Å². The van der Waals surface area contributed by atoms with Crippen LogP contribution in [-0.4, -0.2) is 40.7 Å². The van der Waals surface area contributed by atoms with E-state index in [9.17, 15) is 23.7 Å². The first-order chi connectivity index (χ1) is 12.5. The number of hydrogen-bond acceptors (Lipinski definition) is 5. The molecular weight excluding hydrogens is 362 g/mol. The molecular formula is C18H22F2N2O5. The summed E-state index contributed by atoms with van der Waals surface area (Å²) in [6.45, 7) is 6.54. The van der Waals surface area contributed by atoms with Crippen molar-refractivity contribution in [3.63, 3.8) is 0 Å². The molecule has 0 atom stereocenters. The first-order valence-electron chi connectivity index (χ1n) is 8.69.